The van der Waals surface area contributed by atoms with Crippen molar-refractivity contribution in [3.8, 4) is 16.2 Å². The number of hydrogen-bond acceptors (Lipinski definition) is 3. The van der Waals surface area contributed by atoms with Crippen LogP contribution in [0, 0.1) is 6.20 Å². The minimum atomic E-state index is 0.717. The highest BCUT2D eigenvalue weighted by Gasteiger charge is 2.09. The molecule has 0 unspecified atom stereocenters. The van der Waals surface area contributed by atoms with Crippen LogP contribution in [0.15, 0.2) is 30.3 Å². The fourth-order valence-electron chi connectivity index (χ4n) is 1.28. The number of ether oxygens (including phenoxy) is 1. The molecule has 0 atom stereocenters. The monoisotopic (exact) mass is 218 g/mol. The summed E-state index contributed by atoms with van der Waals surface area (Å²) in [6.45, 7) is 2.80. The number of rotatable bonds is 4. The molecule has 0 aliphatic heterocycles. The summed E-state index contributed by atoms with van der Waals surface area (Å²) in [7, 11) is 0. The van der Waals surface area contributed by atoms with Crippen molar-refractivity contribution in [3.63, 3.8) is 0 Å². The molecule has 2 rings (SSSR count). The van der Waals surface area contributed by atoms with Gasteiger partial charge in [0, 0.05) is 0 Å². The maximum Gasteiger partial charge on any atom is 0.167 e. The minimum Gasteiger partial charge on any atom is -0.490 e. The normalized spacial score (nSPS) is 10.2. The molecule has 1 aromatic heterocycles. The standard InChI is InChI=1S/C12H12NOS/c1-2-8-14-11-9-13-15-12(11)10-6-4-3-5-7-10/h3-7H,2,8H2,1H3. The van der Waals surface area contributed by atoms with Gasteiger partial charge < -0.3 is 4.74 Å². The van der Waals surface area contributed by atoms with E-state index in [0.717, 1.165) is 29.2 Å². The van der Waals surface area contributed by atoms with Gasteiger partial charge in [0.15, 0.2) is 5.75 Å². The van der Waals surface area contributed by atoms with Gasteiger partial charge in [0.2, 0.25) is 0 Å². The van der Waals surface area contributed by atoms with Crippen molar-refractivity contribution in [2.24, 2.45) is 0 Å². The van der Waals surface area contributed by atoms with E-state index in [9.17, 15) is 0 Å². The molecule has 0 saturated carbocycles. The summed E-state index contributed by atoms with van der Waals surface area (Å²) in [4.78, 5) is 1.06. The van der Waals surface area contributed by atoms with Gasteiger partial charge in [-0.05, 0) is 23.5 Å². The van der Waals surface area contributed by atoms with E-state index in [2.05, 4.69) is 29.6 Å². The Morgan fingerprint density at radius 2 is 2.13 bits per heavy atom. The Morgan fingerprint density at radius 1 is 1.33 bits per heavy atom. The summed E-state index contributed by atoms with van der Waals surface area (Å²) in [5, 5.41) is 0. The van der Waals surface area contributed by atoms with E-state index in [1.54, 1.807) is 0 Å². The van der Waals surface area contributed by atoms with Crippen LogP contribution in [0.3, 0.4) is 0 Å². The average molecular weight is 218 g/mol. The molecule has 0 amide bonds. The van der Waals surface area contributed by atoms with Crippen molar-refractivity contribution in [1.29, 1.82) is 0 Å². The van der Waals surface area contributed by atoms with Gasteiger partial charge >= 0.3 is 0 Å². The molecule has 1 heterocycles. The molecule has 0 aliphatic carbocycles. The Balaban J connectivity index is 2.25. The second-order valence-corrected chi connectivity index (χ2v) is 3.94. The number of benzene rings is 1. The molecule has 0 fully saturated rings. The van der Waals surface area contributed by atoms with Gasteiger partial charge in [0.1, 0.15) is 6.20 Å². The smallest absolute Gasteiger partial charge is 0.167 e. The van der Waals surface area contributed by atoms with Crippen molar-refractivity contribution in [2.75, 3.05) is 6.61 Å². The van der Waals surface area contributed by atoms with Crippen LogP contribution >= 0.6 is 11.5 Å². The van der Waals surface area contributed by atoms with E-state index >= 15 is 0 Å². The fraction of sp³-hybridized carbons (Fsp3) is 0.250. The Hall–Kier alpha value is -1.35. The van der Waals surface area contributed by atoms with Crippen LogP contribution in [0.25, 0.3) is 10.4 Å². The highest BCUT2D eigenvalue weighted by molar-refractivity contribution is 7.09. The molecule has 0 N–H and O–H groups in total. The van der Waals surface area contributed by atoms with Gasteiger partial charge in [0.05, 0.1) is 11.5 Å². The average Bonchev–Trinajstić information content (AvgIpc) is 2.75. The molecule has 2 nitrogen and oxygen atoms in total. The van der Waals surface area contributed by atoms with E-state index in [-0.39, 0.29) is 0 Å². The highest BCUT2D eigenvalue weighted by Crippen LogP contribution is 2.32. The van der Waals surface area contributed by atoms with Crippen molar-refractivity contribution < 1.29 is 4.74 Å². The lowest BCUT2D eigenvalue weighted by Crippen LogP contribution is -1.94. The van der Waals surface area contributed by atoms with Gasteiger partial charge in [-0.2, -0.15) is 4.37 Å². The van der Waals surface area contributed by atoms with Gasteiger partial charge in [-0.15, -0.1) is 0 Å². The SMILES string of the molecule is CCCOc1[c]nsc1-c1ccccc1. The minimum absolute atomic E-state index is 0.717. The fourth-order valence-corrected chi connectivity index (χ4v) is 1.93. The predicted molar refractivity (Wildman–Crippen MR) is 62.2 cm³/mol. The van der Waals surface area contributed by atoms with Crippen LogP contribution < -0.4 is 4.74 Å². The molecule has 0 bridgehead atoms. The zero-order chi connectivity index (χ0) is 10.5. The Bertz CT molecular complexity index is 411. The largest absolute Gasteiger partial charge is 0.490 e. The summed E-state index contributed by atoms with van der Waals surface area (Å²) in [6, 6.07) is 10.1. The van der Waals surface area contributed by atoms with Gasteiger partial charge in [-0.1, -0.05) is 37.3 Å². The lowest BCUT2D eigenvalue weighted by atomic mass is 10.2. The molecule has 1 radical (unpaired) electrons. The third kappa shape index (κ3) is 2.36. The molecular formula is C12H12NOS. The molecule has 0 saturated heterocycles. The van der Waals surface area contributed by atoms with Crippen molar-refractivity contribution >= 4 is 11.5 Å². The van der Waals surface area contributed by atoms with Crippen molar-refractivity contribution in [3.05, 3.63) is 36.5 Å². The van der Waals surface area contributed by atoms with Crippen LogP contribution in [-0.2, 0) is 0 Å². The number of nitrogens with zero attached hydrogens (tertiary/aromatic N) is 1. The number of hydrogen-bond donors (Lipinski definition) is 0. The predicted octanol–water partition coefficient (Wildman–Crippen LogP) is 3.40. The first kappa shape index (κ1) is 10.2. The zero-order valence-corrected chi connectivity index (χ0v) is 9.38. The van der Waals surface area contributed by atoms with E-state index in [4.69, 9.17) is 4.74 Å². The zero-order valence-electron chi connectivity index (χ0n) is 8.56. The quantitative estimate of drug-likeness (QED) is 0.784. The summed E-state index contributed by atoms with van der Waals surface area (Å²) in [5.74, 6) is 0.771. The molecule has 15 heavy (non-hydrogen) atoms. The first-order chi connectivity index (χ1) is 7.42. The van der Waals surface area contributed by atoms with Gasteiger partial charge in [-0.25, -0.2) is 0 Å². The lowest BCUT2D eigenvalue weighted by molar-refractivity contribution is 0.318. The van der Waals surface area contributed by atoms with Crippen molar-refractivity contribution in [1.82, 2.24) is 4.37 Å². The topological polar surface area (TPSA) is 22.1 Å². The Morgan fingerprint density at radius 3 is 2.87 bits per heavy atom. The second-order valence-electron chi connectivity index (χ2n) is 3.17. The third-order valence-corrected chi connectivity index (χ3v) is 2.76. The van der Waals surface area contributed by atoms with E-state index in [1.807, 2.05) is 18.2 Å². The maximum absolute atomic E-state index is 5.57. The van der Waals surface area contributed by atoms with E-state index < -0.39 is 0 Å². The van der Waals surface area contributed by atoms with Gasteiger partial charge in [-0.3, -0.25) is 0 Å². The van der Waals surface area contributed by atoms with Crippen LogP contribution in [0.5, 0.6) is 5.75 Å². The van der Waals surface area contributed by atoms with E-state index in [1.165, 1.54) is 11.5 Å². The Labute approximate surface area is 93.7 Å². The first-order valence-corrected chi connectivity index (χ1v) is 5.74. The summed E-state index contributed by atoms with van der Waals surface area (Å²) in [5.41, 5.74) is 1.14. The van der Waals surface area contributed by atoms with E-state index in [0.29, 0.717) is 0 Å². The summed E-state index contributed by atoms with van der Waals surface area (Å²) >= 11 is 1.42. The molecule has 0 aliphatic rings. The van der Waals surface area contributed by atoms with Crippen LogP contribution in [-0.4, -0.2) is 11.0 Å². The molecule has 1 aromatic carbocycles. The van der Waals surface area contributed by atoms with Gasteiger partial charge in [0.25, 0.3) is 0 Å². The molecule has 0 spiro atoms. The highest BCUT2D eigenvalue weighted by atomic mass is 32.1. The Kier molecular flexibility index (Phi) is 3.35. The summed E-state index contributed by atoms with van der Waals surface area (Å²) in [6.07, 6.45) is 3.88. The summed E-state index contributed by atoms with van der Waals surface area (Å²) < 4.78 is 9.62. The van der Waals surface area contributed by atoms with Crippen LogP contribution in [0.2, 0.25) is 0 Å². The lowest BCUT2D eigenvalue weighted by Gasteiger charge is -2.03. The molecule has 3 heteroatoms. The molecule has 77 valence electrons. The van der Waals surface area contributed by atoms with Crippen molar-refractivity contribution in [2.45, 2.75) is 13.3 Å². The molecular weight excluding hydrogens is 206 g/mol. The maximum atomic E-state index is 5.57. The molecule has 2 aromatic rings. The van der Waals surface area contributed by atoms with Crippen LogP contribution in [0.4, 0.5) is 0 Å². The number of aromatic nitrogens is 1. The second kappa shape index (κ2) is 4.94. The third-order valence-electron chi connectivity index (χ3n) is 1.98. The van der Waals surface area contributed by atoms with Crippen LogP contribution in [0.1, 0.15) is 13.3 Å². The first-order valence-electron chi connectivity index (χ1n) is 4.97.